The highest BCUT2D eigenvalue weighted by Crippen LogP contribution is 2.33. The third-order valence-corrected chi connectivity index (χ3v) is 3.47. The van der Waals surface area contributed by atoms with Crippen molar-refractivity contribution < 1.29 is 22.7 Å². The highest BCUT2D eigenvalue weighted by molar-refractivity contribution is 5.89. The maximum Gasteiger partial charge on any atom is 0.436 e. The molecular formula is C18H15F2N3O3. The molecule has 0 fully saturated rings. The fourth-order valence-corrected chi connectivity index (χ4v) is 2.21. The number of aryl methyl sites for hydroxylation is 1. The van der Waals surface area contributed by atoms with Crippen molar-refractivity contribution in [3.05, 3.63) is 59.5 Å². The first kappa shape index (κ1) is 17.7. The number of hydrogen-bond acceptors (Lipinski definition) is 6. The van der Waals surface area contributed by atoms with Gasteiger partial charge < -0.3 is 9.15 Å². The van der Waals surface area contributed by atoms with Crippen molar-refractivity contribution in [3.63, 3.8) is 0 Å². The maximum absolute atomic E-state index is 14.2. The van der Waals surface area contributed by atoms with Crippen molar-refractivity contribution >= 4 is 22.8 Å². The van der Waals surface area contributed by atoms with E-state index in [-0.39, 0.29) is 17.9 Å². The first-order chi connectivity index (χ1) is 12.4. The number of ether oxygens (including phenoxy) is 1. The molecule has 0 atom stereocenters. The van der Waals surface area contributed by atoms with E-state index in [9.17, 15) is 13.6 Å². The molecule has 0 aliphatic carbocycles. The summed E-state index contributed by atoms with van der Waals surface area (Å²) in [5, 5.41) is 6.56. The molecule has 3 rings (SSSR count). The minimum atomic E-state index is -3.72. The Bertz CT molecular complexity index is 965. The van der Waals surface area contributed by atoms with Crippen LogP contribution in [0.5, 0.6) is 0 Å². The number of esters is 1. The van der Waals surface area contributed by atoms with E-state index in [1.54, 1.807) is 25.1 Å². The second-order valence-electron chi connectivity index (χ2n) is 5.50. The van der Waals surface area contributed by atoms with Crippen LogP contribution in [0.4, 0.5) is 14.5 Å². The second kappa shape index (κ2) is 6.99. The standard InChI is InChI=1S/C18H15F2N3O3/c1-3-25-16(24)12-5-7-13(8-6-12)22-23-18(19,20)17-21-14-10-11(2)4-9-15(14)26-17/h4-10H,3H2,1-2H3. The average molecular weight is 359 g/mol. The molecular weight excluding hydrogens is 344 g/mol. The van der Waals surface area contributed by atoms with Gasteiger partial charge in [-0.2, -0.15) is 8.78 Å². The van der Waals surface area contributed by atoms with E-state index in [1.165, 1.54) is 24.3 Å². The largest absolute Gasteiger partial charge is 0.462 e. The van der Waals surface area contributed by atoms with Gasteiger partial charge in [-0.05, 0) is 55.8 Å². The topological polar surface area (TPSA) is 77.0 Å². The Morgan fingerprint density at radius 3 is 2.65 bits per heavy atom. The van der Waals surface area contributed by atoms with Crippen LogP contribution in [0.2, 0.25) is 0 Å². The lowest BCUT2D eigenvalue weighted by Crippen LogP contribution is -2.09. The van der Waals surface area contributed by atoms with E-state index in [0.717, 1.165) is 5.56 Å². The minimum absolute atomic E-state index is 0.157. The molecule has 134 valence electrons. The number of fused-ring (bicyclic) bond motifs is 1. The number of aromatic nitrogens is 1. The zero-order valence-corrected chi connectivity index (χ0v) is 14.1. The molecule has 2 aromatic carbocycles. The molecule has 1 aromatic heterocycles. The Labute approximate surface area is 147 Å². The molecule has 1 heterocycles. The fraction of sp³-hybridized carbons (Fsp3) is 0.222. The van der Waals surface area contributed by atoms with Crippen molar-refractivity contribution in [3.8, 4) is 0 Å². The Morgan fingerprint density at radius 1 is 1.23 bits per heavy atom. The van der Waals surface area contributed by atoms with E-state index in [4.69, 9.17) is 9.15 Å². The van der Waals surface area contributed by atoms with Crippen LogP contribution < -0.4 is 0 Å². The van der Waals surface area contributed by atoms with Gasteiger partial charge >= 0.3 is 12.0 Å². The quantitative estimate of drug-likeness (QED) is 0.359. The Morgan fingerprint density at radius 2 is 1.96 bits per heavy atom. The number of carbonyl (C=O) groups excluding carboxylic acids is 1. The SMILES string of the molecule is CCOC(=O)c1ccc(N=NC(F)(F)c2nc3cc(C)ccc3o2)cc1. The van der Waals surface area contributed by atoms with Crippen LogP contribution in [0.15, 0.2) is 57.1 Å². The van der Waals surface area contributed by atoms with Gasteiger partial charge in [-0.15, -0.1) is 10.2 Å². The molecule has 0 bridgehead atoms. The van der Waals surface area contributed by atoms with Crippen molar-refractivity contribution in [2.75, 3.05) is 6.61 Å². The molecule has 0 spiro atoms. The molecule has 0 N–H and O–H groups in total. The normalized spacial score (nSPS) is 12.0. The maximum atomic E-state index is 14.2. The zero-order valence-electron chi connectivity index (χ0n) is 14.1. The number of rotatable bonds is 5. The second-order valence-corrected chi connectivity index (χ2v) is 5.50. The van der Waals surface area contributed by atoms with Gasteiger partial charge in [0, 0.05) is 0 Å². The third-order valence-electron chi connectivity index (χ3n) is 3.47. The van der Waals surface area contributed by atoms with Crippen LogP contribution in [0, 0.1) is 6.92 Å². The Kier molecular flexibility index (Phi) is 4.75. The molecule has 0 aliphatic heterocycles. The van der Waals surface area contributed by atoms with Gasteiger partial charge in [0.2, 0.25) is 0 Å². The predicted molar refractivity (Wildman–Crippen MR) is 89.6 cm³/mol. The lowest BCUT2D eigenvalue weighted by atomic mass is 10.2. The average Bonchev–Trinajstić information content (AvgIpc) is 3.05. The smallest absolute Gasteiger partial charge is 0.436 e. The molecule has 8 heteroatoms. The van der Waals surface area contributed by atoms with E-state index in [1.807, 2.05) is 6.92 Å². The number of carbonyl (C=O) groups is 1. The molecule has 0 unspecified atom stereocenters. The predicted octanol–water partition coefficient (Wildman–Crippen LogP) is 5.15. The fourth-order valence-electron chi connectivity index (χ4n) is 2.21. The summed E-state index contributed by atoms with van der Waals surface area (Å²) >= 11 is 0. The van der Waals surface area contributed by atoms with Crippen molar-refractivity contribution in [2.45, 2.75) is 19.9 Å². The molecule has 6 nitrogen and oxygen atoms in total. The number of benzene rings is 2. The molecule has 0 amide bonds. The van der Waals surface area contributed by atoms with E-state index in [2.05, 4.69) is 15.2 Å². The lowest BCUT2D eigenvalue weighted by molar-refractivity contribution is -0.0272. The summed E-state index contributed by atoms with van der Waals surface area (Å²) in [5.41, 5.74) is 1.91. The number of alkyl halides is 2. The Hall–Kier alpha value is -3.16. The van der Waals surface area contributed by atoms with Crippen LogP contribution in [-0.2, 0) is 10.8 Å². The van der Waals surface area contributed by atoms with Gasteiger partial charge in [0.1, 0.15) is 5.52 Å². The van der Waals surface area contributed by atoms with Gasteiger partial charge in [-0.1, -0.05) is 6.07 Å². The molecule has 0 radical (unpaired) electrons. The van der Waals surface area contributed by atoms with E-state index >= 15 is 0 Å². The van der Waals surface area contributed by atoms with Gasteiger partial charge in [0.15, 0.2) is 5.58 Å². The summed E-state index contributed by atoms with van der Waals surface area (Å²) in [5.74, 6) is -1.33. The first-order valence-corrected chi connectivity index (χ1v) is 7.84. The van der Waals surface area contributed by atoms with Crippen molar-refractivity contribution in [1.82, 2.24) is 4.98 Å². The number of azo groups is 1. The number of hydrogen-bond donors (Lipinski definition) is 0. The molecule has 0 saturated carbocycles. The molecule has 26 heavy (non-hydrogen) atoms. The first-order valence-electron chi connectivity index (χ1n) is 7.84. The summed E-state index contributed by atoms with van der Waals surface area (Å²) in [6.45, 7) is 3.76. The van der Waals surface area contributed by atoms with Gasteiger partial charge in [-0.25, -0.2) is 9.78 Å². The number of nitrogens with zero attached hydrogens (tertiary/aromatic N) is 3. The van der Waals surface area contributed by atoms with Crippen molar-refractivity contribution in [2.24, 2.45) is 10.2 Å². The van der Waals surface area contributed by atoms with Crippen molar-refractivity contribution in [1.29, 1.82) is 0 Å². The minimum Gasteiger partial charge on any atom is -0.462 e. The molecule has 0 aliphatic rings. The van der Waals surface area contributed by atoms with Crippen LogP contribution in [0.25, 0.3) is 11.1 Å². The summed E-state index contributed by atoms with van der Waals surface area (Å²) < 4.78 is 38.3. The lowest BCUT2D eigenvalue weighted by Gasteiger charge is -2.04. The zero-order chi connectivity index (χ0) is 18.7. The van der Waals surface area contributed by atoms with E-state index < -0.39 is 17.9 Å². The van der Waals surface area contributed by atoms with Gasteiger partial charge in [0.05, 0.1) is 17.9 Å². The van der Waals surface area contributed by atoms with Crippen LogP contribution in [-0.4, -0.2) is 17.6 Å². The number of oxazole rings is 1. The Balaban J connectivity index is 1.80. The highest BCUT2D eigenvalue weighted by atomic mass is 19.3. The van der Waals surface area contributed by atoms with Gasteiger partial charge in [-0.3, -0.25) is 0 Å². The summed E-state index contributed by atoms with van der Waals surface area (Å²) in [6, 6.07) is 6.86. The highest BCUT2D eigenvalue weighted by Gasteiger charge is 2.38. The van der Waals surface area contributed by atoms with Crippen LogP contribution >= 0.6 is 0 Å². The van der Waals surface area contributed by atoms with E-state index in [0.29, 0.717) is 11.1 Å². The summed E-state index contributed by atoms with van der Waals surface area (Å²) in [4.78, 5) is 15.3. The van der Waals surface area contributed by atoms with Crippen LogP contribution in [0.3, 0.4) is 0 Å². The monoisotopic (exact) mass is 359 g/mol. The molecule has 0 saturated heterocycles. The third kappa shape index (κ3) is 3.74. The molecule has 3 aromatic rings. The van der Waals surface area contributed by atoms with Crippen LogP contribution in [0.1, 0.15) is 28.7 Å². The summed E-state index contributed by atoms with van der Waals surface area (Å²) in [7, 11) is 0. The summed E-state index contributed by atoms with van der Waals surface area (Å²) in [6.07, 6.45) is 0. The van der Waals surface area contributed by atoms with Gasteiger partial charge in [0.25, 0.3) is 5.89 Å². The number of halogens is 2.